The minimum atomic E-state index is -2.63. The van der Waals surface area contributed by atoms with E-state index in [9.17, 15) is 4.79 Å². The Kier molecular flexibility index (Phi) is 8.77. The molecule has 9 nitrogen and oxygen atoms in total. The Morgan fingerprint density at radius 1 is 1.03 bits per heavy atom. The third kappa shape index (κ3) is 7.03. The number of aromatic nitrogens is 3. The van der Waals surface area contributed by atoms with Crippen LogP contribution in [0.1, 0.15) is 33.6 Å². The number of carbonyl (C=O) groups excluding carboxylic acids is 1. The Morgan fingerprint density at radius 3 is 2.47 bits per heavy atom. The van der Waals surface area contributed by atoms with Gasteiger partial charge in [-0.15, -0.1) is 5.10 Å². The Labute approximate surface area is 224 Å². The Morgan fingerprint density at radius 2 is 1.74 bits per heavy atom. The molecule has 2 bridgehead atoms. The Hall–Kier alpha value is -3.15. The zero-order chi connectivity index (χ0) is 26.2. The number of allylic oxidation sites excluding steroid dienone is 1. The molecule has 1 aromatic heterocycles. The van der Waals surface area contributed by atoms with Crippen LogP contribution in [0.4, 0.5) is 0 Å². The molecule has 0 aliphatic carbocycles. The van der Waals surface area contributed by atoms with E-state index in [4.69, 9.17) is 18.0 Å². The molecule has 200 valence electrons. The van der Waals surface area contributed by atoms with Crippen LogP contribution in [0.15, 0.2) is 60.8 Å². The second-order valence-electron chi connectivity index (χ2n) is 9.54. The molecule has 0 atom stereocenters. The molecule has 10 heteroatoms. The first-order chi connectivity index (χ1) is 18.6. The van der Waals surface area contributed by atoms with Gasteiger partial charge in [0.25, 0.3) is 0 Å². The highest BCUT2D eigenvalue weighted by molar-refractivity contribution is 6.60. The van der Waals surface area contributed by atoms with Gasteiger partial charge in [-0.1, -0.05) is 53.3 Å². The number of ether oxygens (including phenoxy) is 1. The topological polar surface area (TPSA) is 87.9 Å². The number of carbonyl (C=O) groups is 1. The van der Waals surface area contributed by atoms with Gasteiger partial charge in [0, 0.05) is 32.2 Å². The maximum Gasteiger partial charge on any atom is 0.501 e. The predicted molar refractivity (Wildman–Crippen MR) is 145 cm³/mol. The summed E-state index contributed by atoms with van der Waals surface area (Å²) in [6.45, 7) is 7.71. The van der Waals surface area contributed by atoms with E-state index in [1.165, 1.54) is 5.56 Å². The molecule has 0 spiro atoms. The number of rotatable bonds is 10. The second-order valence-corrected chi connectivity index (χ2v) is 12.3. The summed E-state index contributed by atoms with van der Waals surface area (Å²) >= 11 is 0. The van der Waals surface area contributed by atoms with Crippen LogP contribution in [-0.2, 0) is 26.4 Å². The fourth-order valence-electron chi connectivity index (χ4n) is 4.53. The average molecular weight is 535 g/mol. The van der Waals surface area contributed by atoms with Gasteiger partial charge in [0.05, 0.1) is 31.6 Å². The van der Waals surface area contributed by atoms with Crippen LogP contribution in [0.3, 0.4) is 0 Å². The summed E-state index contributed by atoms with van der Waals surface area (Å²) in [6, 6.07) is 16.0. The van der Waals surface area contributed by atoms with Crippen molar-refractivity contribution in [1.29, 1.82) is 0 Å². The normalized spacial score (nSPS) is 21.7. The average Bonchev–Trinajstić information content (AvgIpc) is 3.35. The zero-order valence-electron chi connectivity index (χ0n) is 21.8. The molecule has 3 fully saturated rings. The molecule has 0 unspecified atom stereocenters. The molecule has 0 N–H and O–H groups in total. The van der Waals surface area contributed by atoms with Crippen molar-refractivity contribution in [2.45, 2.75) is 32.5 Å². The number of aryl methyl sites for hydroxylation is 2. The van der Waals surface area contributed by atoms with Gasteiger partial charge < -0.3 is 18.0 Å². The van der Waals surface area contributed by atoms with Crippen molar-refractivity contribution in [2.24, 2.45) is 0 Å². The van der Waals surface area contributed by atoms with E-state index < -0.39 is 8.80 Å². The van der Waals surface area contributed by atoms with Crippen molar-refractivity contribution in [3.63, 3.8) is 0 Å². The van der Waals surface area contributed by atoms with E-state index in [2.05, 4.69) is 15.2 Å². The van der Waals surface area contributed by atoms with Crippen molar-refractivity contribution in [2.75, 3.05) is 39.5 Å². The number of hydrogen-bond acceptors (Lipinski definition) is 8. The smallest absolute Gasteiger partial charge is 0.486 e. The summed E-state index contributed by atoms with van der Waals surface area (Å²) in [7, 11) is -2.63. The van der Waals surface area contributed by atoms with Crippen molar-refractivity contribution in [1.82, 2.24) is 19.9 Å². The maximum absolute atomic E-state index is 12.9. The summed E-state index contributed by atoms with van der Waals surface area (Å²) in [5.74, 6) is 0.403. The summed E-state index contributed by atoms with van der Waals surface area (Å²) in [4.78, 5) is 15.2. The van der Waals surface area contributed by atoms with Gasteiger partial charge in [0.15, 0.2) is 5.78 Å². The van der Waals surface area contributed by atoms with E-state index in [1.54, 1.807) is 22.9 Å². The molecule has 3 aliphatic rings. The molecule has 3 saturated heterocycles. The minimum absolute atomic E-state index is 0.115. The third-order valence-electron chi connectivity index (χ3n) is 6.68. The lowest BCUT2D eigenvalue weighted by Gasteiger charge is -2.38. The van der Waals surface area contributed by atoms with Gasteiger partial charge in [-0.05, 0) is 37.1 Å². The molecule has 0 amide bonds. The number of para-hydroxylation sites is 1. The van der Waals surface area contributed by atoms with E-state index in [0.717, 1.165) is 37.7 Å². The number of nitrogens with zero attached hydrogens (tertiary/aromatic N) is 4. The van der Waals surface area contributed by atoms with Gasteiger partial charge >= 0.3 is 8.80 Å². The lowest BCUT2D eigenvalue weighted by Crippen LogP contribution is -2.55. The first-order valence-corrected chi connectivity index (χ1v) is 15.1. The summed E-state index contributed by atoms with van der Waals surface area (Å²) in [5, 5.41) is 8.49. The summed E-state index contributed by atoms with van der Waals surface area (Å²) in [6.07, 6.45) is 6.09. The molecule has 0 radical (unpaired) electrons. The lowest BCUT2D eigenvalue weighted by molar-refractivity contribution is -0.00869. The quantitative estimate of drug-likeness (QED) is 0.221. The van der Waals surface area contributed by atoms with Crippen LogP contribution in [0.25, 0.3) is 6.08 Å². The highest BCUT2D eigenvalue weighted by Gasteiger charge is 2.43. The second kappa shape index (κ2) is 12.6. The summed E-state index contributed by atoms with van der Waals surface area (Å²) in [5.41, 5.74) is 3.35. The van der Waals surface area contributed by atoms with Crippen LogP contribution < -0.4 is 4.74 Å². The molecular formula is C28H34N4O5Si. The van der Waals surface area contributed by atoms with Crippen LogP contribution in [0, 0.1) is 6.92 Å². The molecule has 6 rings (SSSR count). The molecule has 38 heavy (non-hydrogen) atoms. The zero-order valence-corrected chi connectivity index (χ0v) is 22.8. The number of ketones is 1. The fourth-order valence-corrected chi connectivity index (χ4v) is 7.01. The first-order valence-electron chi connectivity index (χ1n) is 13.1. The summed E-state index contributed by atoms with van der Waals surface area (Å²) < 4.78 is 26.1. The SMILES string of the molecule is Cc1ccc(/C=C/C(=O)c2ccccc2OCc2cn(CCC[Si]34OCCN(CCO3)CCO4)nn2)cc1. The van der Waals surface area contributed by atoms with Crippen molar-refractivity contribution >= 4 is 20.7 Å². The first kappa shape index (κ1) is 26.5. The highest BCUT2D eigenvalue weighted by Crippen LogP contribution is 2.23. The van der Waals surface area contributed by atoms with Crippen LogP contribution in [0.5, 0.6) is 5.75 Å². The van der Waals surface area contributed by atoms with E-state index >= 15 is 0 Å². The van der Waals surface area contributed by atoms with Gasteiger partial charge in [-0.3, -0.25) is 14.4 Å². The maximum atomic E-state index is 12.9. The monoisotopic (exact) mass is 534 g/mol. The number of benzene rings is 2. The Bertz CT molecular complexity index is 1220. The molecule has 3 aliphatic heterocycles. The van der Waals surface area contributed by atoms with Gasteiger partial charge in [0.1, 0.15) is 18.1 Å². The standard InChI is InChI=1S/C28H34N4O5Si/c1-23-7-9-24(10-8-23)11-12-27(33)26-5-2-3-6-28(26)34-22-25-21-32(30-29-25)13-4-20-38-35-17-14-31(15-18-36-38)16-19-37-38/h2-3,5-12,21H,4,13-20,22H2,1H3/b12-11+. The van der Waals surface area contributed by atoms with Gasteiger partial charge in [-0.25, -0.2) is 0 Å². The van der Waals surface area contributed by atoms with E-state index in [0.29, 0.717) is 43.4 Å². The third-order valence-corrected chi connectivity index (χ3v) is 9.58. The lowest BCUT2D eigenvalue weighted by atomic mass is 10.1. The minimum Gasteiger partial charge on any atom is -0.486 e. The highest BCUT2D eigenvalue weighted by atomic mass is 28.4. The van der Waals surface area contributed by atoms with Gasteiger partial charge in [-0.2, -0.15) is 0 Å². The molecule has 3 aromatic rings. The van der Waals surface area contributed by atoms with E-state index in [-0.39, 0.29) is 12.4 Å². The predicted octanol–water partition coefficient (Wildman–Crippen LogP) is 3.77. The number of hydrogen-bond donors (Lipinski definition) is 0. The Balaban J connectivity index is 1.13. The number of fused-ring (bicyclic) bond motifs is 6. The van der Waals surface area contributed by atoms with Gasteiger partial charge in [0.2, 0.25) is 0 Å². The van der Waals surface area contributed by atoms with Crippen LogP contribution >= 0.6 is 0 Å². The molecule has 2 aromatic carbocycles. The van der Waals surface area contributed by atoms with Crippen molar-refractivity contribution in [3.8, 4) is 5.75 Å². The largest absolute Gasteiger partial charge is 0.501 e. The molecular weight excluding hydrogens is 500 g/mol. The van der Waals surface area contributed by atoms with Crippen LogP contribution in [0.2, 0.25) is 6.04 Å². The van der Waals surface area contributed by atoms with Crippen molar-refractivity contribution < 1.29 is 22.8 Å². The van der Waals surface area contributed by atoms with E-state index in [1.807, 2.05) is 55.6 Å². The van der Waals surface area contributed by atoms with Crippen molar-refractivity contribution in [3.05, 3.63) is 83.2 Å². The molecule has 0 saturated carbocycles. The van der Waals surface area contributed by atoms with Crippen LogP contribution in [-0.4, -0.2) is 73.9 Å². The molecule has 4 heterocycles. The fraction of sp³-hybridized carbons (Fsp3) is 0.393.